The number of aromatic nitrogens is 2. The van der Waals surface area contributed by atoms with E-state index in [0.717, 1.165) is 19.2 Å². The van der Waals surface area contributed by atoms with E-state index in [0.29, 0.717) is 6.54 Å². The predicted octanol–water partition coefficient (Wildman–Crippen LogP) is 3.97. The van der Waals surface area contributed by atoms with Crippen molar-refractivity contribution in [1.82, 2.24) is 4.57 Å². The van der Waals surface area contributed by atoms with Gasteiger partial charge in [-0.05, 0) is 49.8 Å². The van der Waals surface area contributed by atoms with Gasteiger partial charge in [0.1, 0.15) is 16.4 Å². The summed E-state index contributed by atoms with van der Waals surface area (Å²) >= 11 is 5.05. The summed E-state index contributed by atoms with van der Waals surface area (Å²) < 4.78 is 7.07. The zero-order valence-electron chi connectivity index (χ0n) is 18.5. The molecule has 4 aromatic rings. The lowest BCUT2D eigenvalue weighted by Gasteiger charge is -2.12. The Morgan fingerprint density at radius 3 is 2.69 bits per heavy atom. The lowest BCUT2D eigenvalue weighted by molar-refractivity contribution is -0.642. The van der Waals surface area contributed by atoms with Gasteiger partial charge < -0.3 is 4.90 Å². The van der Waals surface area contributed by atoms with Crippen molar-refractivity contribution >= 4 is 62.5 Å². The summed E-state index contributed by atoms with van der Waals surface area (Å²) in [5.74, 6) is 0. The lowest BCUT2D eigenvalue weighted by atomic mass is 10.2. The smallest absolute Gasteiger partial charge is 0.269 e. The molecule has 0 spiro atoms. The third-order valence-corrected chi connectivity index (χ3v) is 9.10. The van der Waals surface area contributed by atoms with E-state index >= 15 is 0 Å². The number of para-hydroxylation sites is 1. The van der Waals surface area contributed by atoms with E-state index in [-0.39, 0.29) is 5.56 Å². The maximum atomic E-state index is 13.1. The van der Waals surface area contributed by atoms with Gasteiger partial charge in [0, 0.05) is 24.6 Å². The Morgan fingerprint density at radius 2 is 1.91 bits per heavy atom. The van der Waals surface area contributed by atoms with Crippen molar-refractivity contribution in [2.24, 2.45) is 7.05 Å². The van der Waals surface area contributed by atoms with Crippen LogP contribution < -0.4 is 24.2 Å². The molecule has 0 fully saturated rings. The molecule has 1 aliphatic heterocycles. The number of nitrogens with zero attached hydrogens (tertiary/aromatic N) is 3. The normalized spacial score (nSPS) is 16.0. The Kier molecular flexibility index (Phi) is 5.57. The summed E-state index contributed by atoms with van der Waals surface area (Å²) in [6, 6.07) is 14.9. The second-order valence-electron chi connectivity index (χ2n) is 7.77. The minimum atomic E-state index is 0.0726. The van der Waals surface area contributed by atoms with Crippen LogP contribution in [0.4, 0.5) is 5.69 Å². The zero-order chi connectivity index (χ0) is 22.4. The molecule has 0 unspecified atom stereocenters. The summed E-state index contributed by atoms with van der Waals surface area (Å²) in [5, 5.41) is 2.26. The fourth-order valence-electron chi connectivity index (χ4n) is 3.88. The van der Waals surface area contributed by atoms with Crippen LogP contribution in [0.25, 0.3) is 22.4 Å². The number of benzene rings is 2. The van der Waals surface area contributed by atoms with Gasteiger partial charge in [-0.1, -0.05) is 41.3 Å². The Bertz CT molecular complexity index is 1560. The van der Waals surface area contributed by atoms with Gasteiger partial charge in [-0.15, -0.1) is 11.3 Å². The summed E-state index contributed by atoms with van der Waals surface area (Å²) in [5.41, 5.74) is 3.75. The highest BCUT2D eigenvalue weighted by molar-refractivity contribution is 8.03. The monoisotopic (exact) mass is 478 g/mol. The van der Waals surface area contributed by atoms with Gasteiger partial charge in [-0.3, -0.25) is 9.36 Å². The van der Waals surface area contributed by atoms with E-state index in [1.54, 1.807) is 34.4 Å². The largest absolute Gasteiger partial charge is 0.338 e. The van der Waals surface area contributed by atoms with E-state index < -0.39 is 0 Å². The van der Waals surface area contributed by atoms with E-state index in [1.807, 2.05) is 17.6 Å². The Balaban J connectivity index is 1.59. The summed E-state index contributed by atoms with van der Waals surface area (Å²) in [6.45, 7) is 4.79. The van der Waals surface area contributed by atoms with Gasteiger partial charge in [0.25, 0.3) is 10.6 Å². The number of hydrogen-bond acceptors (Lipinski definition) is 5. The fourth-order valence-corrected chi connectivity index (χ4v) is 7.12. The zero-order valence-corrected chi connectivity index (χ0v) is 20.9. The molecule has 32 heavy (non-hydrogen) atoms. The molecule has 0 amide bonds. The van der Waals surface area contributed by atoms with Crippen LogP contribution in [0.15, 0.2) is 63.3 Å². The third kappa shape index (κ3) is 3.64. The number of fused-ring (bicyclic) bond motifs is 2. The lowest BCUT2D eigenvalue weighted by Crippen LogP contribution is -2.32. The first kappa shape index (κ1) is 21.2. The van der Waals surface area contributed by atoms with Crippen LogP contribution in [-0.2, 0) is 13.6 Å². The van der Waals surface area contributed by atoms with Crippen LogP contribution in [0.2, 0.25) is 0 Å². The predicted molar refractivity (Wildman–Crippen MR) is 138 cm³/mol. The van der Waals surface area contributed by atoms with Gasteiger partial charge in [0.05, 0.1) is 21.3 Å². The molecule has 0 atom stereocenters. The van der Waals surface area contributed by atoms with Crippen LogP contribution in [0.5, 0.6) is 0 Å². The molecule has 2 aromatic carbocycles. The van der Waals surface area contributed by atoms with Crippen LogP contribution in [0, 0.1) is 6.92 Å². The topological polar surface area (TPSA) is 29.1 Å². The molecule has 0 radical (unpaired) electrons. The minimum Gasteiger partial charge on any atom is -0.338 e. The van der Waals surface area contributed by atoms with Crippen molar-refractivity contribution in [2.45, 2.75) is 25.3 Å². The first-order valence-electron chi connectivity index (χ1n) is 10.5. The number of anilines is 1. The molecule has 3 heterocycles. The standard InChI is InChI=1S/C25H24N3OS3/c1-5-28-24(15-23-27(4)18-14-16(2)10-11-20(18)31-23)32-21(25(28)29)12-13-22-26(3)17-8-6-7-9-19(17)30-22/h6-15H,5H2,1-4H3/q+1/b21-12-,22-13-. The van der Waals surface area contributed by atoms with Crippen molar-refractivity contribution < 1.29 is 4.57 Å². The van der Waals surface area contributed by atoms with Crippen molar-refractivity contribution in [3.63, 3.8) is 0 Å². The average molecular weight is 479 g/mol. The molecule has 2 aromatic heterocycles. The van der Waals surface area contributed by atoms with E-state index in [1.165, 1.54) is 26.4 Å². The van der Waals surface area contributed by atoms with Gasteiger partial charge in [-0.2, -0.15) is 4.57 Å². The van der Waals surface area contributed by atoms with Crippen molar-refractivity contribution in [2.75, 3.05) is 11.9 Å². The summed E-state index contributed by atoms with van der Waals surface area (Å²) in [4.78, 5) is 16.5. The third-order valence-electron chi connectivity index (χ3n) is 5.67. The highest BCUT2D eigenvalue weighted by Gasteiger charge is 2.20. The van der Waals surface area contributed by atoms with Crippen LogP contribution in [0.3, 0.4) is 0 Å². The number of aryl methyl sites for hydroxylation is 2. The fraction of sp³-hybridized carbons (Fsp3) is 0.200. The highest BCUT2D eigenvalue weighted by Crippen LogP contribution is 2.44. The van der Waals surface area contributed by atoms with Crippen LogP contribution in [0.1, 0.15) is 17.5 Å². The first-order chi connectivity index (χ1) is 15.5. The quantitative estimate of drug-likeness (QED) is 0.417. The maximum absolute atomic E-state index is 13.1. The molecule has 0 N–H and O–H groups in total. The van der Waals surface area contributed by atoms with E-state index in [9.17, 15) is 4.79 Å². The molecule has 7 heteroatoms. The Morgan fingerprint density at radius 1 is 1.09 bits per heavy atom. The minimum absolute atomic E-state index is 0.0726. The number of thiazole rings is 2. The van der Waals surface area contributed by atoms with Crippen molar-refractivity contribution in [1.29, 1.82) is 0 Å². The molecular weight excluding hydrogens is 454 g/mol. The summed E-state index contributed by atoms with van der Waals surface area (Å²) in [6.07, 6.45) is 6.17. The van der Waals surface area contributed by atoms with Gasteiger partial charge in [-0.25, -0.2) is 0 Å². The van der Waals surface area contributed by atoms with E-state index in [2.05, 4.69) is 85.1 Å². The highest BCUT2D eigenvalue weighted by atomic mass is 32.2. The van der Waals surface area contributed by atoms with Crippen LogP contribution in [-0.4, -0.2) is 11.6 Å². The first-order valence-corrected chi connectivity index (χ1v) is 12.9. The molecule has 1 aliphatic rings. The summed E-state index contributed by atoms with van der Waals surface area (Å²) in [7, 11) is 4.16. The second-order valence-corrected chi connectivity index (χ2v) is 11.0. The molecule has 4 nitrogen and oxygen atoms in total. The van der Waals surface area contributed by atoms with E-state index in [4.69, 9.17) is 0 Å². The molecule has 5 rings (SSSR count). The Labute approximate surface area is 199 Å². The molecule has 162 valence electrons. The molecule has 0 saturated heterocycles. The number of thioether (sulfide) groups is 1. The molecule has 0 saturated carbocycles. The molecule has 0 bridgehead atoms. The van der Waals surface area contributed by atoms with Crippen molar-refractivity contribution in [3.8, 4) is 0 Å². The van der Waals surface area contributed by atoms with Gasteiger partial charge >= 0.3 is 0 Å². The van der Waals surface area contributed by atoms with Crippen molar-refractivity contribution in [3.05, 3.63) is 83.7 Å². The maximum Gasteiger partial charge on any atom is 0.269 e. The SMILES string of the molecule is CCn1c(=O)/c(=C/C=C2\Sc3ccccc3N2C)s/c1=C\c1sc2ccc(C)cc2[n+]1C. The number of hydrogen-bond donors (Lipinski definition) is 0. The Hall–Kier alpha value is -2.61. The number of allylic oxidation sites excluding steroid dienone is 1. The molecular formula is C25H24N3OS3+. The second kappa shape index (κ2) is 8.39. The van der Waals surface area contributed by atoms with Gasteiger partial charge in [0.15, 0.2) is 0 Å². The van der Waals surface area contributed by atoms with Gasteiger partial charge in [0.2, 0.25) is 5.52 Å². The van der Waals surface area contributed by atoms with Crippen LogP contribution >= 0.6 is 34.4 Å². The average Bonchev–Trinajstić information content (AvgIpc) is 3.39. The molecule has 0 aliphatic carbocycles. The number of rotatable bonds is 3.